The van der Waals surface area contributed by atoms with E-state index in [1.807, 2.05) is 57.1 Å². The van der Waals surface area contributed by atoms with Gasteiger partial charge in [-0.05, 0) is 231 Å². The molecule has 0 aromatic heterocycles. The molecule has 3 saturated heterocycles. The molecule has 24 unspecified atom stereocenters. The first-order valence-electron chi connectivity index (χ1n) is 48.7. The molecule has 3 fully saturated rings. The SMILES string of the molecule is CCC(C)C(C)C1OC1CC(C)(C)/C=C/C=C(\C)C1OC(=O)CC(C)CCC(C)(C)C(O)/C=C/C1C.CCC(C)C(C)C1OC1CC(C)(C)/C=C/C=C(\C)C1OC(=O)CC(C)CCC(C)(C)C(OC(=S)N(C)C)/C=C/C1C.CCC(C)C(C)C1OC1CC(C)(C)/C=C/C=C(\C)C1OC(=O)CC(C)CCC(C)(C)C(OC(=S)N(C)C)/C=C/C1C.CN(C)C(=O)Cl.CN=C=S.[B]I.[B][I-]I. The van der Waals surface area contributed by atoms with E-state index in [4.69, 9.17) is 79.6 Å². The van der Waals surface area contributed by atoms with Gasteiger partial charge in [0.1, 0.15) is 30.5 Å². The number of rotatable bonds is 26. The van der Waals surface area contributed by atoms with Crippen molar-refractivity contribution in [1.82, 2.24) is 14.7 Å². The number of aliphatic imine (C=N–C) groups is 1. The Hall–Kier alpha value is -2.83. The zero-order chi connectivity index (χ0) is 103. The third-order valence-corrected chi connectivity index (χ3v) is 29.1. The van der Waals surface area contributed by atoms with Crippen LogP contribution in [0.15, 0.2) is 113 Å². The van der Waals surface area contributed by atoms with Gasteiger partial charge in [0, 0.05) is 97.2 Å². The van der Waals surface area contributed by atoms with Gasteiger partial charge in [0.25, 0.3) is 10.3 Å². The minimum atomic E-state index is -0.524. The number of allylic oxidation sites excluding steroid dienone is 9. The summed E-state index contributed by atoms with van der Waals surface area (Å²) in [4.78, 5) is 56.8. The Morgan fingerprint density at radius 2 is 0.774 bits per heavy atom. The Morgan fingerprint density at radius 3 is 1.00 bits per heavy atom. The predicted molar refractivity (Wildman–Crippen MR) is 584 cm³/mol. The molecule has 0 aromatic rings. The van der Waals surface area contributed by atoms with Crippen LogP contribution in [0.2, 0.25) is 0 Å². The number of halogens is 4. The van der Waals surface area contributed by atoms with Gasteiger partial charge in [-0.2, -0.15) is 22.4 Å². The number of amides is 1. The summed E-state index contributed by atoms with van der Waals surface area (Å²) in [5.41, 5.74) is 12.0. The van der Waals surface area contributed by atoms with Gasteiger partial charge in [-0.25, -0.2) is 4.99 Å². The van der Waals surface area contributed by atoms with E-state index in [2.05, 4.69) is 326 Å². The topological polar surface area (TPSA) is 194 Å². The fourth-order valence-corrected chi connectivity index (χ4v) is 16.7. The van der Waals surface area contributed by atoms with E-state index in [1.54, 1.807) is 43.5 Å². The molecule has 0 aromatic carbocycles. The third-order valence-electron chi connectivity index (χ3n) is 27.6. The summed E-state index contributed by atoms with van der Waals surface area (Å²) in [7, 11) is 12.4. The van der Waals surface area contributed by atoms with Crippen LogP contribution < -0.4 is 17.0 Å². The van der Waals surface area contributed by atoms with Crippen LogP contribution in [0.4, 0.5) is 4.79 Å². The summed E-state index contributed by atoms with van der Waals surface area (Å²) in [6.45, 7) is 66.1. The van der Waals surface area contributed by atoms with Crippen molar-refractivity contribution in [2.24, 2.45) is 108 Å². The van der Waals surface area contributed by atoms with Crippen LogP contribution in [-0.2, 0) is 52.3 Å². The van der Waals surface area contributed by atoms with Crippen molar-refractivity contribution in [2.75, 3.05) is 49.3 Å². The Balaban J connectivity index is 0.00000182. The van der Waals surface area contributed by atoms with E-state index < -0.39 is 11.5 Å². The van der Waals surface area contributed by atoms with Gasteiger partial charge in [0.05, 0.1) is 47.9 Å². The second kappa shape index (κ2) is 63.9. The quantitative estimate of drug-likeness (QED) is 0.00733. The summed E-state index contributed by atoms with van der Waals surface area (Å²) < 4.78 is 49.0. The third kappa shape index (κ3) is 51.6. The maximum atomic E-state index is 13.0. The summed E-state index contributed by atoms with van der Waals surface area (Å²) >= 11 is 23.9. The molecule has 17 nitrogen and oxygen atoms in total. The molecule has 6 rings (SSSR count). The molecule has 24 atom stereocenters. The number of isothiocyanates is 1. The van der Waals surface area contributed by atoms with E-state index in [1.165, 1.54) is 24.2 Å². The van der Waals surface area contributed by atoms with Crippen molar-refractivity contribution in [3.63, 3.8) is 0 Å². The number of hydrogen-bond donors (Lipinski definition) is 1. The van der Waals surface area contributed by atoms with E-state index >= 15 is 0 Å². The first kappa shape index (κ1) is 130. The molecule has 6 aliphatic rings. The fraction of sp³-hybridized carbons (Fsp3) is 0.766. The van der Waals surface area contributed by atoms with E-state index in [0.717, 1.165) is 74.5 Å². The number of cyclic esters (lactones) is 3. The van der Waals surface area contributed by atoms with Crippen LogP contribution in [0.3, 0.4) is 0 Å². The summed E-state index contributed by atoms with van der Waals surface area (Å²) in [5, 5.41) is 13.4. The van der Waals surface area contributed by atoms with Gasteiger partial charge in [-0.3, -0.25) is 19.2 Å². The molecule has 1 amide bonds. The molecule has 1 N–H and O–H groups in total. The molecule has 6 aliphatic heterocycles. The second-order valence-corrected chi connectivity index (χ2v) is 48.7. The molecule has 0 aliphatic carbocycles. The molecule has 0 saturated carbocycles. The van der Waals surface area contributed by atoms with Gasteiger partial charge < -0.3 is 57.7 Å². The minimum absolute atomic E-state index is 0.0104. The average Bonchev–Trinajstić information content (AvgIpc) is 1.65. The van der Waals surface area contributed by atoms with E-state index in [9.17, 15) is 24.3 Å². The first-order chi connectivity index (χ1) is 61.6. The summed E-state index contributed by atoms with van der Waals surface area (Å²) in [6, 6.07) is 0. The Labute approximate surface area is 868 Å². The number of ether oxygens (including phenoxy) is 8. The molecule has 760 valence electrons. The van der Waals surface area contributed by atoms with Crippen LogP contribution >= 0.6 is 89.2 Å². The van der Waals surface area contributed by atoms with Crippen molar-refractivity contribution in [3.8, 4) is 0 Å². The number of thiocarbonyl (C=S) groups is 3. The van der Waals surface area contributed by atoms with Crippen LogP contribution in [0, 0.1) is 104 Å². The molecule has 0 bridgehead atoms. The zero-order valence-electron chi connectivity index (χ0n) is 89.1. The molecule has 133 heavy (non-hydrogen) atoms. The van der Waals surface area contributed by atoms with Gasteiger partial charge in [-0.15, -0.1) is 0 Å². The Kier molecular flexibility index (Phi) is 62.6. The van der Waals surface area contributed by atoms with Gasteiger partial charge in [0.2, 0.25) is 0 Å². The predicted octanol–water partition coefficient (Wildman–Crippen LogP) is 24.4. The maximum absolute atomic E-state index is 13.0. The van der Waals surface area contributed by atoms with Crippen molar-refractivity contribution in [1.29, 1.82) is 0 Å². The summed E-state index contributed by atoms with van der Waals surface area (Å²) in [6.07, 6.45) is 45.3. The number of hydrogen-bond acceptors (Lipinski definition) is 17. The molecule has 26 heteroatoms. The number of aliphatic hydroxyl groups excluding tert-OH is 1. The average molecular weight is 2270 g/mol. The van der Waals surface area contributed by atoms with Crippen molar-refractivity contribution >= 4 is 139 Å². The van der Waals surface area contributed by atoms with Crippen molar-refractivity contribution < 1.29 is 79.2 Å². The number of carbonyl (C=O) groups is 4. The van der Waals surface area contributed by atoms with Crippen molar-refractivity contribution in [3.05, 3.63) is 108 Å². The van der Waals surface area contributed by atoms with Crippen LogP contribution in [-0.4, -0.2) is 193 Å². The van der Waals surface area contributed by atoms with Gasteiger partial charge in [-0.1, -0.05) is 285 Å². The van der Waals surface area contributed by atoms with E-state index in [0.29, 0.717) is 102 Å². The summed E-state index contributed by atoms with van der Waals surface area (Å²) in [5.74, 6) is 4.01. The standard InChI is InChI=1S/2C35H59NO4S.C32H54O4.C3H6ClNO.C2H3NS.BI2.BI/c2*1-13-24(3)27(6)32-28(38-32)22-34(7,8)19-14-15-25(4)31-26(5)16-17-29(39-33(41)36(11)12)35(9,10)20-18-23(2)21-30(37)40-31;1-11-22(3)25(6)30-26(35-30)20-31(7,8)17-12-13-23(4)29-24(5)14-15-27(33)32(9,10)18-16-21(2)19-28(34)36-29;1-5(2)3(4)6;1-3-2-4;1-3-2;1-2/h2*14-17,19,23-24,26-29,31-32H,13,18,20-22H2,1-12H3;12-15,17,21-22,24-27,29-30,33H,11,16,18-20H2,1-10H3;1-2H3;1H3;;/q;;;;;-1;/b2*17-16+,19-14+,25-15+;15-14+,17-12+,23-13+;;;;. The first-order valence-corrected chi connectivity index (χ1v) is 59.1. The Morgan fingerprint density at radius 1 is 0.534 bits per heavy atom. The van der Waals surface area contributed by atoms with Gasteiger partial charge >= 0.3 is 64.6 Å². The number of carbonyl (C=O) groups excluding carboxylic acids is 4. The fourth-order valence-electron chi connectivity index (χ4n) is 16.5. The normalized spacial score (nSPS) is 29.7. The zero-order valence-corrected chi connectivity index (χ0v) is 98.8. The molecule has 6 heterocycles. The molecule has 4 radical (unpaired) electrons. The number of aliphatic hydroxyl groups is 1. The van der Waals surface area contributed by atoms with Crippen LogP contribution in [0.5, 0.6) is 0 Å². The number of epoxide rings is 3. The number of nitrogens with zero attached hydrogens (tertiary/aromatic N) is 4. The van der Waals surface area contributed by atoms with Gasteiger partial charge in [0.15, 0.2) is 5.70 Å². The van der Waals surface area contributed by atoms with Crippen molar-refractivity contribution in [2.45, 2.75) is 377 Å². The van der Waals surface area contributed by atoms with Crippen LogP contribution in [0.25, 0.3) is 0 Å². The molecule has 0 spiro atoms. The molecular weight excluding hydrogens is 2080 g/mol. The monoisotopic (exact) mass is 2260 g/mol. The van der Waals surface area contributed by atoms with Crippen LogP contribution in [0.1, 0.15) is 304 Å². The van der Waals surface area contributed by atoms with E-state index in [-0.39, 0.29) is 133 Å². The number of esters is 3. The second-order valence-electron chi connectivity index (χ2n) is 43.9. The molecular formula is C107H181B2ClI3N4O13S3-. The Bertz CT molecular complexity index is 3670.